The van der Waals surface area contributed by atoms with Gasteiger partial charge in [-0.05, 0) is 26.0 Å². The van der Waals surface area contributed by atoms with Crippen molar-refractivity contribution in [1.82, 2.24) is 5.32 Å². The summed E-state index contributed by atoms with van der Waals surface area (Å²) in [4.78, 5) is 11.7. The summed E-state index contributed by atoms with van der Waals surface area (Å²) >= 11 is 9.07. The third kappa shape index (κ3) is 5.75. The summed E-state index contributed by atoms with van der Waals surface area (Å²) in [7, 11) is 1.25. The number of rotatable bonds is 6. The monoisotopic (exact) mass is 417 g/mol. The van der Waals surface area contributed by atoms with Crippen molar-refractivity contribution in [2.45, 2.75) is 24.8 Å². The van der Waals surface area contributed by atoms with Gasteiger partial charge in [0.1, 0.15) is 4.90 Å². The predicted octanol–water partition coefficient (Wildman–Crippen LogP) is 3.18. The molecule has 0 saturated carbocycles. The summed E-state index contributed by atoms with van der Waals surface area (Å²) in [6.45, 7) is 4.38. The van der Waals surface area contributed by atoms with Crippen LogP contribution in [0.1, 0.15) is 24.2 Å². The third-order valence-electron chi connectivity index (χ3n) is 2.35. The van der Waals surface area contributed by atoms with Gasteiger partial charge < -0.3 is 10.1 Å². The number of carbonyl (C=O) groups is 1. The zero-order valence-electron chi connectivity index (χ0n) is 11.3. The van der Waals surface area contributed by atoms with Crippen LogP contribution >= 0.6 is 38.2 Å². The molecule has 0 aliphatic carbocycles. The van der Waals surface area contributed by atoms with Gasteiger partial charge in [-0.1, -0.05) is 27.5 Å². The molecule has 0 unspecified atom stereocenters. The lowest BCUT2D eigenvalue weighted by Gasteiger charge is -2.11. The minimum absolute atomic E-state index is 0.0230. The van der Waals surface area contributed by atoms with Crippen molar-refractivity contribution in [2.75, 3.05) is 13.2 Å². The molecule has 0 spiro atoms. The Bertz CT molecular complexity index is 634. The van der Waals surface area contributed by atoms with Gasteiger partial charge in [0, 0.05) is 21.7 Å². The first kappa shape index (κ1) is 18.7. The van der Waals surface area contributed by atoms with Crippen molar-refractivity contribution in [3.8, 4) is 0 Å². The average molecular weight is 419 g/mol. The van der Waals surface area contributed by atoms with Crippen molar-refractivity contribution >= 4 is 53.2 Å². The number of amides is 1. The SMILES string of the molecule is CC(C)OCCNC(=O)c1cc(Br)cc(S(=O)(=O)Cl)c1Cl. The van der Waals surface area contributed by atoms with Crippen LogP contribution < -0.4 is 5.32 Å². The highest BCUT2D eigenvalue weighted by Crippen LogP contribution is 2.31. The largest absolute Gasteiger partial charge is 0.377 e. The molecule has 21 heavy (non-hydrogen) atoms. The maximum atomic E-state index is 12.0. The van der Waals surface area contributed by atoms with Crippen LogP contribution in [-0.4, -0.2) is 33.6 Å². The van der Waals surface area contributed by atoms with E-state index in [0.717, 1.165) is 0 Å². The smallest absolute Gasteiger partial charge is 0.262 e. The molecule has 1 N–H and O–H groups in total. The fourth-order valence-corrected chi connectivity index (χ4v) is 3.65. The summed E-state index contributed by atoms with van der Waals surface area (Å²) in [6.07, 6.45) is 0.0596. The molecule has 0 radical (unpaired) electrons. The Labute approximate surface area is 141 Å². The number of hydrogen-bond donors (Lipinski definition) is 1. The molecule has 0 saturated heterocycles. The van der Waals surface area contributed by atoms with Crippen LogP contribution in [0, 0.1) is 0 Å². The minimum Gasteiger partial charge on any atom is -0.377 e. The van der Waals surface area contributed by atoms with Crippen molar-refractivity contribution in [2.24, 2.45) is 0 Å². The number of ether oxygens (including phenoxy) is 1. The normalized spacial score (nSPS) is 11.7. The van der Waals surface area contributed by atoms with Gasteiger partial charge in [-0.3, -0.25) is 4.79 Å². The van der Waals surface area contributed by atoms with Gasteiger partial charge in [0.2, 0.25) is 0 Å². The lowest BCUT2D eigenvalue weighted by Crippen LogP contribution is -2.28. The van der Waals surface area contributed by atoms with Crippen LogP contribution in [0.4, 0.5) is 0 Å². The number of carbonyl (C=O) groups excluding carboxylic acids is 1. The van der Waals surface area contributed by atoms with Gasteiger partial charge in [-0.25, -0.2) is 8.42 Å². The quantitative estimate of drug-likeness (QED) is 0.568. The van der Waals surface area contributed by atoms with Crippen molar-refractivity contribution in [1.29, 1.82) is 0 Å². The van der Waals surface area contributed by atoms with Gasteiger partial charge in [0.05, 0.1) is 23.3 Å². The fraction of sp³-hybridized carbons (Fsp3) is 0.417. The van der Waals surface area contributed by atoms with Crippen molar-refractivity contribution < 1.29 is 17.9 Å². The molecule has 0 atom stereocenters. The highest BCUT2D eigenvalue weighted by Gasteiger charge is 2.22. The molecular formula is C12H14BrCl2NO4S. The molecule has 1 amide bonds. The highest BCUT2D eigenvalue weighted by molar-refractivity contribution is 9.10. The average Bonchev–Trinajstić information content (AvgIpc) is 2.35. The lowest BCUT2D eigenvalue weighted by molar-refractivity contribution is 0.0746. The molecule has 1 aromatic rings. The zero-order valence-corrected chi connectivity index (χ0v) is 15.2. The Morgan fingerprint density at radius 2 is 2.05 bits per heavy atom. The summed E-state index contributed by atoms with van der Waals surface area (Å²) in [6, 6.07) is 2.66. The van der Waals surface area contributed by atoms with E-state index in [4.69, 9.17) is 27.0 Å². The maximum absolute atomic E-state index is 12.0. The number of benzene rings is 1. The van der Waals surface area contributed by atoms with Crippen LogP contribution in [-0.2, 0) is 13.8 Å². The van der Waals surface area contributed by atoms with E-state index in [-0.39, 0.29) is 28.1 Å². The molecule has 0 aliphatic rings. The van der Waals surface area contributed by atoms with E-state index in [2.05, 4.69) is 21.2 Å². The predicted molar refractivity (Wildman–Crippen MR) is 85.6 cm³/mol. The first-order valence-corrected chi connectivity index (χ1v) is 9.44. The highest BCUT2D eigenvalue weighted by atomic mass is 79.9. The van der Waals surface area contributed by atoms with E-state index in [0.29, 0.717) is 11.1 Å². The molecule has 1 rings (SSSR count). The van der Waals surface area contributed by atoms with E-state index in [1.165, 1.54) is 12.1 Å². The zero-order chi connectivity index (χ0) is 16.2. The summed E-state index contributed by atoms with van der Waals surface area (Å²) in [5.41, 5.74) is 0.0230. The van der Waals surface area contributed by atoms with Gasteiger partial charge in [0.15, 0.2) is 0 Å². The number of hydrogen-bond acceptors (Lipinski definition) is 4. The molecular weight excluding hydrogens is 405 g/mol. The first-order valence-electron chi connectivity index (χ1n) is 5.96. The van der Waals surface area contributed by atoms with Crippen LogP contribution in [0.25, 0.3) is 0 Å². The number of halogens is 3. The van der Waals surface area contributed by atoms with E-state index in [1.54, 1.807) is 0 Å². The molecule has 0 aliphatic heterocycles. The van der Waals surface area contributed by atoms with E-state index in [9.17, 15) is 13.2 Å². The molecule has 0 bridgehead atoms. The second-order valence-electron chi connectivity index (χ2n) is 4.38. The van der Waals surface area contributed by atoms with Crippen LogP contribution in [0.2, 0.25) is 5.02 Å². The van der Waals surface area contributed by atoms with Crippen LogP contribution in [0.3, 0.4) is 0 Å². The van der Waals surface area contributed by atoms with Gasteiger partial charge in [-0.15, -0.1) is 0 Å². The molecule has 5 nitrogen and oxygen atoms in total. The second-order valence-corrected chi connectivity index (χ2v) is 8.21. The van der Waals surface area contributed by atoms with Crippen LogP contribution in [0.15, 0.2) is 21.5 Å². The topological polar surface area (TPSA) is 72.5 Å². The Morgan fingerprint density at radius 1 is 1.43 bits per heavy atom. The number of nitrogens with one attached hydrogen (secondary N) is 1. The standard InChI is InChI=1S/C12H14BrCl2NO4S/c1-7(2)20-4-3-16-12(17)9-5-8(13)6-10(11(9)14)21(15,18)19/h5-7H,3-4H2,1-2H3,(H,16,17). The Morgan fingerprint density at radius 3 is 2.57 bits per heavy atom. The van der Waals surface area contributed by atoms with Crippen molar-refractivity contribution in [3.05, 3.63) is 27.2 Å². The summed E-state index contributed by atoms with van der Waals surface area (Å²) < 4.78 is 28.5. The van der Waals surface area contributed by atoms with E-state index in [1.807, 2.05) is 13.8 Å². The molecule has 1 aromatic carbocycles. The molecule has 9 heteroatoms. The van der Waals surface area contributed by atoms with Gasteiger partial charge >= 0.3 is 0 Å². The van der Waals surface area contributed by atoms with Gasteiger partial charge in [-0.2, -0.15) is 0 Å². The first-order chi connectivity index (χ1) is 9.62. The molecule has 118 valence electrons. The summed E-state index contributed by atoms with van der Waals surface area (Å²) in [5.74, 6) is -0.504. The van der Waals surface area contributed by atoms with Crippen LogP contribution in [0.5, 0.6) is 0 Å². The Kier molecular flexibility index (Phi) is 6.93. The Balaban J connectivity index is 2.93. The third-order valence-corrected chi connectivity index (χ3v) is 4.67. The fourth-order valence-electron chi connectivity index (χ4n) is 1.46. The molecule has 0 heterocycles. The Hall–Kier alpha value is -0.340. The van der Waals surface area contributed by atoms with E-state index >= 15 is 0 Å². The lowest BCUT2D eigenvalue weighted by atomic mass is 10.2. The summed E-state index contributed by atoms with van der Waals surface area (Å²) in [5, 5.41) is 2.38. The minimum atomic E-state index is -4.04. The van der Waals surface area contributed by atoms with E-state index < -0.39 is 15.0 Å². The molecule has 0 fully saturated rings. The maximum Gasteiger partial charge on any atom is 0.262 e. The van der Waals surface area contributed by atoms with Gasteiger partial charge in [0.25, 0.3) is 15.0 Å². The second kappa shape index (κ2) is 7.78. The van der Waals surface area contributed by atoms with Crippen molar-refractivity contribution in [3.63, 3.8) is 0 Å². The molecule has 0 aromatic heterocycles.